The Hall–Kier alpha value is -2.49. The Balaban J connectivity index is 1.94. The summed E-state index contributed by atoms with van der Waals surface area (Å²) in [5.74, 6) is 1.40. The zero-order chi connectivity index (χ0) is 16.6. The number of para-hydroxylation sites is 1. The second-order valence-electron chi connectivity index (χ2n) is 5.85. The number of allylic oxidation sites excluding steroid dienone is 2. The highest BCUT2D eigenvalue weighted by Crippen LogP contribution is 2.37. The number of amides is 1. The molecule has 4 nitrogen and oxygen atoms in total. The number of methoxy groups -OCH3 is 1. The van der Waals surface area contributed by atoms with Crippen molar-refractivity contribution in [3.05, 3.63) is 66.0 Å². The van der Waals surface area contributed by atoms with Crippen molar-refractivity contribution >= 4 is 5.91 Å². The molecule has 0 aliphatic carbocycles. The van der Waals surface area contributed by atoms with E-state index in [1.807, 2.05) is 37.3 Å². The van der Waals surface area contributed by atoms with Gasteiger partial charge < -0.3 is 14.4 Å². The fraction of sp³-hybridized carbons (Fsp3) is 0.316. The second-order valence-corrected chi connectivity index (χ2v) is 5.85. The van der Waals surface area contributed by atoms with Gasteiger partial charge in [-0.1, -0.05) is 31.4 Å². The predicted molar refractivity (Wildman–Crippen MR) is 89.0 cm³/mol. The third kappa shape index (κ3) is 2.54. The number of hydrogen-bond acceptors (Lipinski definition) is 3. The first-order valence-electron chi connectivity index (χ1n) is 7.69. The first-order valence-corrected chi connectivity index (χ1v) is 7.69. The van der Waals surface area contributed by atoms with Crippen molar-refractivity contribution in [2.45, 2.75) is 25.5 Å². The molecule has 0 saturated carbocycles. The average molecular weight is 311 g/mol. The van der Waals surface area contributed by atoms with E-state index in [-0.39, 0.29) is 11.9 Å². The van der Waals surface area contributed by atoms with Crippen LogP contribution in [0.15, 0.2) is 66.0 Å². The standard InChI is InChI=1S/C19H21NO3/c1-12-10-11-20-16(17(22-4)14(3)13(12)2)18(19(20)21)23-15-8-6-5-7-9-15/h5-9,16,18H,1-2,10-11H2,3-4H3/b17-14+/t16-,18+/m0/s1. The van der Waals surface area contributed by atoms with Crippen molar-refractivity contribution in [1.29, 1.82) is 0 Å². The molecule has 2 aliphatic heterocycles. The van der Waals surface area contributed by atoms with E-state index in [9.17, 15) is 4.79 Å². The molecular formula is C19H21NO3. The molecule has 4 heteroatoms. The van der Waals surface area contributed by atoms with Gasteiger partial charge in [-0.25, -0.2) is 0 Å². The second kappa shape index (κ2) is 5.95. The molecule has 0 spiro atoms. The zero-order valence-corrected chi connectivity index (χ0v) is 13.5. The van der Waals surface area contributed by atoms with Crippen LogP contribution in [0.1, 0.15) is 13.3 Å². The SMILES string of the molecule is C=C1CCN2C(=O)[C@H](Oc3ccccc3)[C@@H]2/C(OC)=C(/C)C1=C. The van der Waals surface area contributed by atoms with E-state index in [4.69, 9.17) is 9.47 Å². The minimum Gasteiger partial charge on any atom is -0.498 e. The lowest BCUT2D eigenvalue weighted by atomic mass is 9.86. The van der Waals surface area contributed by atoms with Gasteiger partial charge in [0.2, 0.25) is 6.10 Å². The number of carbonyl (C=O) groups is 1. The van der Waals surface area contributed by atoms with E-state index in [0.29, 0.717) is 18.7 Å². The predicted octanol–water partition coefficient (Wildman–Crippen LogP) is 3.08. The molecule has 3 rings (SSSR count). The zero-order valence-electron chi connectivity index (χ0n) is 13.5. The molecule has 1 amide bonds. The molecule has 0 unspecified atom stereocenters. The Morgan fingerprint density at radius 1 is 1.22 bits per heavy atom. The smallest absolute Gasteiger partial charge is 0.267 e. The maximum absolute atomic E-state index is 12.5. The summed E-state index contributed by atoms with van der Waals surface area (Å²) in [5, 5.41) is 0. The van der Waals surface area contributed by atoms with Crippen LogP contribution < -0.4 is 4.74 Å². The quantitative estimate of drug-likeness (QED) is 0.805. The van der Waals surface area contributed by atoms with E-state index in [1.165, 1.54) is 0 Å². The third-order valence-corrected chi connectivity index (χ3v) is 4.55. The van der Waals surface area contributed by atoms with E-state index >= 15 is 0 Å². The molecular weight excluding hydrogens is 290 g/mol. The summed E-state index contributed by atoms with van der Waals surface area (Å²) in [7, 11) is 1.62. The number of ether oxygens (including phenoxy) is 2. The van der Waals surface area contributed by atoms with Gasteiger partial charge in [0, 0.05) is 6.54 Å². The molecule has 0 N–H and O–H groups in total. The van der Waals surface area contributed by atoms with Gasteiger partial charge in [0.15, 0.2) is 0 Å². The van der Waals surface area contributed by atoms with Crippen LogP contribution >= 0.6 is 0 Å². The highest BCUT2D eigenvalue weighted by atomic mass is 16.5. The summed E-state index contributed by atoms with van der Waals surface area (Å²) >= 11 is 0. The van der Waals surface area contributed by atoms with Crippen LogP contribution in [0.3, 0.4) is 0 Å². The van der Waals surface area contributed by atoms with E-state index in [2.05, 4.69) is 13.2 Å². The normalized spacial score (nSPS) is 27.7. The molecule has 1 saturated heterocycles. The lowest BCUT2D eigenvalue weighted by Gasteiger charge is -2.48. The van der Waals surface area contributed by atoms with Crippen LogP contribution in [0, 0.1) is 0 Å². The molecule has 1 aromatic carbocycles. The van der Waals surface area contributed by atoms with Crippen LogP contribution in [-0.2, 0) is 9.53 Å². The van der Waals surface area contributed by atoms with Gasteiger partial charge in [-0.3, -0.25) is 4.79 Å². The van der Waals surface area contributed by atoms with Gasteiger partial charge in [0.05, 0.1) is 7.11 Å². The van der Waals surface area contributed by atoms with Gasteiger partial charge in [-0.05, 0) is 42.2 Å². The van der Waals surface area contributed by atoms with Crippen LogP contribution in [0.25, 0.3) is 0 Å². The van der Waals surface area contributed by atoms with Crippen molar-refractivity contribution < 1.29 is 14.3 Å². The van der Waals surface area contributed by atoms with Crippen molar-refractivity contribution in [1.82, 2.24) is 4.90 Å². The van der Waals surface area contributed by atoms with Gasteiger partial charge in [0.25, 0.3) is 5.91 Å². The summed E-state index contributed by atoms with van der Waals surface area (Å²) in [4.78, 5) is 14.3. The molecule has 120 valence electrons. The number of nitrogens with zero attached hydrogens (tertiary/aromatic N) is 1. The Kier molecular flexibility index (Phi) is 3.99. The maximum atomic E-state index is 12.5. The molecule has 1 aromatic rings. The fourth-order valence-corrected chi connectivity index (χ4v) is 3.12. The number of carbonyl (C=O) groups excluding carboxylic acids is 1. The molecule has 2 aliphatic rings. The monoisotopic (exact) mass is 311 g/mol. The number of β-lactam (4-membered cyclic amide) rings is 1. The molecule has 2 heterocycles. The van der Waals surface area contributed by atoms with E-state index < -0.39 is 6.10 Å². The summed E-state index contributed by atoms with van der Waals surface area (Å²) in [6.45, 7) is 10.7. The molecule has 23 heavy (non-hydrogen) atoms. The Morgan fingerprint density at radius 2 is 1.91 bits per heavy atom. The van der Waals surface area contributed by atoms with Crippen LogP contribution in [-0.4, -0.2) is 36.6 Å². The molecule has 2 atom stereocenters. The Morgan fingerprint density at radius 3 is 2.57 bits per heavy atom. The van der Waals surface area contributed by atoms with Gasteiger partial charge >= 0.3 is 0 Å². The van der Waals surface area contributed by atoms with Gasteiger partial charge in [-0.2, -0.15) is 0 Å². The highest BCUT2D eigenvalue weighted by Gasteiger charge is 2.53. The molecule has 0 radical (unpaired) electrons. The van der Waals surface area contributed by atoms with Crippen LogP contribution in [0.2, 0.25) is 0 Å². The van der Waals surface area contributed by atoms with Gasteiger partial charge in [0.1, 0.15) is 17.6 Å². The minimum absolute atomic E-state index is 0.0125. The van der Waals surface area contributed by atoms with Crippen molar-refractivity contribution in [3.63, 3.8) is 0 Å². The first kappa shape index (κ1) is 15.4. The lowest BCUT2D eigenvalue weighted by Crippen LogP contribution is -2.68. The first-order chi connectivity index (χ1) is 11.0. The number of benzene rings is 1. The number of hydrogen-bond donors (Lipinski definition) is 0. The van der Waals surface area contributed by atoms with Crippen molar-refractivity contribution in [2.75, 3.05) is 13.7 Å². The Labute approximate surface area is 136 Å². The van der Waals surface area contributed by atoms with Crippen LogP contribution in [0.4, 0.5) is 0 Å². The van der Waals surface area contributed by atoms with E-state index in [0.717, 1.165) is 22.5 Å². The summed E-state index contributed by atoms with van der Waals surface area (Å²) in [6.07, 6.45) is 0.162. The third-order valence-electron chi connectivity index (χ3n) is 4.55. The van der Waals surface area contributed by atoms with Gasteiger partial charge in [-0.15, -0.1) is 0 Å². The fourth-order valence-electron chi connectivity index (χ4n) is 3.12. The molecule has 1 fully saturated rings. The number of rotatable bonds is 3. The number of fused-ring (bicyclic) bond motifs is 1. The Bertz CT molecular complexity index is 690. The van der Waals surface area contributed by atoms with Crippen molar-refractivity contribution in [2.24, 2.45) is 0 Å². The molecule has 0 bridgehead atoms. The van der Waals surface area contributed by atoms with Crippen molar-refractivity contribution in [3.8, 4) is 5.75 Å². The summed E-state index contributed by atoms with van der Waals surface area (Å²) in [5.41, 5.74) is 2.76. The lowest BCUT2D eigenvalue weighted by molar-refractivity contribution is -0.162. The molecule has 0 aromatic heterocycles. The largest absolute Gasteiger partial charge is 0.498 e. The topological polar surface area (TPSA) is 38.8 Å². The average Bonchev–Trinajstić information content (AvgIpc) is 2.58. The minimum atomic E-state index is -0.554. The summed E-state index contributed by atoms with van der Waals surface area (Å²) in [6, 6.07) is 9.18. The van der Waals surface area contributed by atoms with E-state index in [1.54, 1.807) is 12.0 Å². The highest BCUT2D eigenvalue weighted by molar-refractivity contribution is 5.90. The van der Waals surface area contributed by atoms with Crippen LogP contribution in [0.5, 0.6) is 5.75 Å². The summed E-state index contributed by atoms with van der Waals surface area (Å²) < 4.78 is 11.5. The maximum Gasteiger partial charge on any atom is 0.267 e.